The summed E-state index contributed by atoms with van der Waals surface area (Å²) in [5, 5.41) is 1.04. The molecule has 0 saturated carbocycles. The molecule has 20 heavy (non-hydrogen) atoms. The fourth-order valence-electron chi connectivity index (χ4n) is 2.34. The van der Waals surface area contributed by atoms with E-state index >= 15 is 0 Å². The van der Waals surface area contributed by atoms with Crippen molar-refractivity contribution in [1.29, 1.82) is 0 Å². The van der Waals surface area contributed by atoms with E-state index in [0.717, 1.165) is 18.3 Å². The topological polar surface area (TPSA) is 6.48 Å². The molecule has 0 unspecified atom stereocenters. The highest BCUT2D eigenvalue weighted by Gasteiger charge is 2.27. The first-order valence-corrected chi connectivity index (χ1v) is 8.62. The molecule has 0 saturated heterocycles. The van der Waals surface area contributed by atoms with Crippen LogP contribution in [0.15, 0.2) is 48.5 Å². The Morgan fingerprint density at radius 2 is 1.85 bits per heavy atom. The van der Waals surface area contributed by atoms with Crippen molar-refractivity contribution in [2.24, 2.45) is 0 Å². The van der Waals surface area contributed by atoms with Gasteiger partial charge >= 0.3 is 0 Å². The molecule has 1 aliphatic rings. The van der Waals surface area contributed by atoms with Crippen LogP contribution in [0.4, 0.5) is 17.1 Å². The monoisotopic (exact) mass is 348 g/mol. The number of fused-ring (bicyclic) bond motifs is 1. The van der Waals surface area contributed by atoms with Crippen LogP contribution in [0.25, 0.3) is 0 Å². The highest BCUT2D eigenvalue weighted by atomic mass is 79.9. The van der Waals surface area contributed by atoms with Gasteiger partial charge in [-0.1, -0.05) is 40.2 Å². The second kappa shape index (κ2) is 6.10. The molecular weight excluding hydrogens is 332 g/mol. The average Bonchev–Trinajstić information content (AvgIpc) is 2.84. The predicted octanol–water partition coefficient (Wildman–Crippen LogP) is 5.30. The lowest BCUT2D eigenvalue weighted by Gasteiger charge is -2.19. The minimum absolute atomic E-state index is 1.04. The van der Waals surface area contributed by atoms with Crippen LogP contribution in [-0.4, -0.2) is 11.9 Å². The SMILES string of the molecule is Cc1cccc(N2SN(CCCBr)c3ccccc32)c1. The second-order valence-corrected chi connectivity index (χ2v) is 6.61. The number of hydrogen-bond donors (Lipinski definition) is 0. The number of para-hydroxylation sites is 2. The summed E-state index contributed by atoms with van der Waals surface area (Å²) in [7, 11) is 0. The van der Waals surface area contributed by atoms with Gasteiger partial charge in [0.2, 0.25) is 0 Å². The molecule has 1 aliphatic heterocycles. The van der Waals surface area contributed by atoms with Crippen molar-refractivity contribution in [3.05, 3.63) is 54.1 Å². The number of nitrogens with zero attached hydrogens (tertiary/aromatic N) is 2. The summed E-state index contributed by atoms with van der Waals surface area (Å²) >= 11 is 5.30. The van der Waals surface area contributed by atoms with Crippen LogP contribution in [0, 0.1) is 6.92 Å². The Morgan fingerprint density at radius 1 is 1.05 bits per heavy atom. The second-order valence-electron chi connectivity index (χ2n) is 4.85. The number of hydrogen-bond acceptors (Lipinski definition) is 3. The van der Waals surface area contributed by atoms with Crippen molar-refractivity contribution in [2.75, 3.05) is 20.5 Å². The lowest BCUT2D eigenvalue weighted by Crippen LogP contribution is -2.15. The van der Waals surface area contributed by atoms with Gasteiger partial charge in [-0.25, -0.2) is 0 Å². The van der Waals surface area contributed by atoms with E-state index in [9.17, 15) is 0 Å². The van der Waals surface area contributed by atoms with E-state index in [1.54, 1.807) is 12.1 Å². The van der Waals surface area contributed by atoms with E-state index in [-0.39, 0.29) is 0 Å². The molecule has 2 aromatic rings. The number of benzene rings is 2. The van der Waals surface area contributed by atoms with E-state index < -0.39 is 0 Å². The number of halogens is 1. The number of alkyl halides is 1. The van der Waals surface area contributed by atoms with Crippen LogP contribution < -0.4 is 8.61 Å². The first kappa shape index (κ1) is 13.8. The Balaban J connectivity index is 1.94. The van der Waals surface area contributed by atoms with Gasteiger partial charge in [-0.3, -0.25) is 8.61 Å². The Kier molecular flexibility index (Phi) is 4.22. The highest BCUT2D eigenvalue weighted by molar-refractivity contribution is 9.09. The minimum atomic E-state index is 1.04. The van der Waals surface area contributed by atoms with Gasteiger partial charge in [-0.15, -0.1) is 0 Å². The van der Waals surface area contributed by atoms with Crippen LogP contribution in [0.5, 0.6) is 0 Å². The van der Waals surface area contributed by atoms with Gasteiger partial charge < -0.3 is 0 Å². The standard InChI is InChI=1S/C16H17BrN2S/c1-13-6-4-7-14(12-13)19-16-9-3-2-8-15(16)18(20-19)11-5-10-17/h2-4,6-9,12H,5,10-11H2,1H3. The minimum Gasteiger partial charge on any atom is -0.296 e. The molecule has 0 aliphatic carbocycles. The quantitative estimate of drug-likeness (QED) is 0.546. The van der Waals surface area contributed by atoms with E-state index in [1.807, 2.05) is 0 Å². The first-order chi connectivity index (χ1) is 9.79. The molecule has 1 heterocycles. The van der Waals surface area contributed by atoms with Crippen LogP contribution >= 0.6 is 28.1 Å². The summed E-state index contributed by atoms with van der Waals surface area (Å²) < 4.78 is 4.69. The Hall–Kier alpha value is -1.13. The van der Waals surface area contributed by atoms with Crippen molar-refractivity contribution in [1.82, 2.24) is 0 Å². The maximum Gasteiger partial charge on any atom is 0.0784 e. The molecular formula is C16H17BrN2S. The van der Waals surface area contributed by atoms with Crippen molar-refractivity contribution in [3.8, 4) is 0 Å². The van der Waals surface area contributed by atoms with Gasteiger partial charge in [-0.2, -0.15) is 0 Å². The molecule has 2 aromatic carbocycles. The number of aryl methyl sites for hydroxylation is 1. The number of rotatable bonds is 4. The van der Waals surface area contributed by atoms with E-state index in [1.165, 1.54) is 22.6 Å². The van der Waals surface area contributed by atoms with E-state index in [0.29, 0.717) is 0 Å². The van der Waals surface area contributed by atoms with Gasteiger partial charge in [0.1, 0.15) is 0 Å². The molecule has 0 fully saturated rings. The molecule has 0 atom stereocenters. The van der Waals surface area contributed by atoms with Gasteiger partial charge in [-0.05, 0) is 43.2 Å². The summed E-state index contributed by atoms with van der Waals surface area (Å²) in [6, 6.07) is 17.3. The van der Waals surface area contributed by atoms with Gasteiger partial charge in [0.25, 0.3) is 0 Å². The van der Waals surface area contributed by atoms with Gasteiger partial charge in [0.15, 0.2) is 0 Å². The lowest BCUT2D eigenvalue weighted by molar-refractivity contribution is 0.952. The summed E-state index contributed by atoms with van der Waals surface area (Å²) in [5.74, 6) is 0. The molecule has 2 nitrogen and oxygen atoms in total. The fourth-order valence-corrected chi connectivity index (χ4v) is 3.69. The fraction of sp³-hybridized carbons (Fsp3) is 0.250. The van der Waals surface area contributed by atoms with Crippen molar-refractivity contribution in [2.45, 2.75) is 13.3 Å². The molecule has 0 aromatic heterocycles. The molecule has 0 amide bonds. The molecule has 0 N–H and O–H groups in total. The zero-order valence-corrected chi connectivity index (χ0v) is 13.8. The van der Waals surface area contributed by atoms with Crippen LogP contribution in [0.1, 0.15) is 12.0 Å². The van der Waals surface area contributed by atoms with Crippen molar-refractivity contribution < 1.29 is 0 Å². The number of anilines is 3. The lowest BCUT2D eigenvalue weighted by atomic mass is 10.2. The summed E-state index contributed by atoms with van der Waals surface area (Å²) in [5.41, 5.74) is 5.11. The third kappa shape index (κ3) is 2.67. The Labute approximate surface area is 133 Å². The Bertz CT molecular complexity index is 603. The summed E-state index contributed by atoms with van der Waals surface area (Å²) in [4.78, 5) is 0. The normalized spacial score (nSPS) is 13.7. The predicted molar refractivity (Wildman–Crippen MR) is 93.1 cm³/mol. The van der Waals surface area contributed by atoms with Gasteiger partial charge in [0, 0.05) is 11.9 Å². The van der Waals surface area contributed by atoms with Crippen molar-refractivity contribution in [3.63, 3.8) is 0 Å². The summed E-state index contributed by atoms with van der Waals surface area (Å²) in [6.45, 7) is 3.19. The largest absolute Gasteiger partial charge is 0.296 e. The van der Waals surface area contributed by atoms with Gasteiger partial charge in [0.05, 0.1) is 29.2 Å². The van der Waals surface area contributed by atoms with Crippen molar-refractivity contribution >= 4 is 45.1 Å². The molecule has 0 spiro atoms. The molecule has 4 heteroatoms. The van der Waals surface area contributed by atoms with Crippen LogP contribution in [0.2, 0.25) is 0 Å². The zero-order chi connectivity index (χ0) is 13.9. The third-order valence-corrected chi connectivity index (χ3v) is 4.99. The first-order valence-electron chi connectivity index (χ1n) is 6.77. The van der Waals surface area contributed by atoms with Crippen LogP contribution in [0.3, 0.4) is 0 Å². The van der Waals surface area contributed by atoms with Crippen LogP contribution in [-0.2, 0) is 0 Å². The van der Waals surface area contributed by atoms with E-state index in [2.05, 4.69) is 80.0 Å². The zero-order valence-electron chi connectivity index (χ0n) is 11.4. The maximum absolute atomic E-state index is 3.52. The molecule has 0 radical (unpaired) electrons. The maximum atomic E-state index is 3.52. The molecule has 0 bridgehead atoms. The molecule has 104 valence electrons. The average molecular weight is 349 g/mol. The summed E-state index contributed by atoms with van der Waals surface area (Å²) in [6.07, 6.45) is 1.14. The molecule has 3 rings (SSSR count). The smallest absolute Gasteiger partial charge is 0.0784 e. The van der Waals surface area contributed by atoms with E-state index in [4.69, 9.17) is 0 Å². The Morgan fingerprint density at radius 3 is 2.60 bits per heavy atom. The third-order valence-electron chi connectivity index (χ3n) is 3.28. The highest BCUT2D eigenvalue weighted by Crippen LogP contribution is 2.48.